The standard InChI is InChI=1S/C22H22ClN3O3S2/c1-14-25-17(12-30-14)13-31-18-6-3-15(4-7-18)21(27)26-16-5-8-19(20(23)11-16)22(28)24-9-10-29-2/h3-8,11-12H,9-10,13H2,1-2H3,(H,24,28)(H,26,27). The lowest BCUT2D eigenvalue weighted by Crippen LogP contribution is -2.27. The van der Waals surface area contributed by atoms with Gasteiger partial charge < -0.3 is 15.4 Å². The Morgan fingerprint density at radius 2 is 1.94 bits per heavy atom. The summed E-state index contributed by atoms with van der Waals surface area (Å²) in [6.07, 6.45) is 0. The molecule has 0 radical (unpaired) electrons. The van der Waals surface area contributed by atoms with Crippen LogP contribution >= 0.6 is 34.7 Å². The number of methoxy groups -OCH3 is 1. The van der Waals surface area contributed by atoms with E-state index in [-0.39, 0.29) is 16.8 Å². The van der Waals surface area contributed by atoms with E-state index in [1.165, 1.54) is 0 Å². The van der Waals surface area contributed by atoms with E-state index in [0.29, 0.717) is 30.0 Å². The number of carbonyl (C=O) groups is 2. The number of anilines is 1. The molecule has 3 rings (SSSR count). The molecule has 0 atom stereocenters. The van der Waals surface area contributed by atoms with E-state index in [4.69, 9.17) is 16.3 Å². The van der Waals surface area contributed by atoms with E-state index in [1.807, 2.05) is 19.1 Å². The Kier molecular flexibility index (Phi) is 8.48. The first-order valence-corrected chi connectivity index (χ1v) is 11.7. The average Bonchev–Trinajstić information content (AvgIpc) is 3.18. The van der Waals surface area contributed by atoms with Gasteiger partial charge >= 0.3 is 0 Å². The number of nitrogens with one attached hydrogen (secondary N) is 2. The van der Waals surface area contributed by atoms with Crippen LogP contribution in [0.1, 0.15) is 31.4 Å². The van der Waals surface area contributed by atoms with Crippen LogP contribution in [0.5, 0.6) is 0 Å². The van der Waals surface area contributed by atoms with Crippen molar-refractivity contribution < 1.29 is 14.3 Å². The van der Waals surface area contributed by atoms with Crippen LogP contribution < -0.4 is 10.6 Å². The zero-order valence-corrected chi connectivity index (χ0v) is 19.5. The summed E-state index contributed by atoms with van der Waals surface area (Å²) in [5.74, 6) is 0.251. The van der Waals surface area contributed by atoms with Crippen molar-refractivity contribution in [2.45, 2.75) is 17.6 Å². The van der Waals surface area contributed by atoms with Gasteiger partial charge in [-0.1, -0.05) is 11.6 Å². The number of halogens is 1. The lowest BCUT2D eigenvalue weighted by atomic mass is 10.1. The van der Waals surface area contributed by atoms with E-state index in [1.54, 1.807) is 60.5 Å². The molecule has 2 amide bonds. The van der Waals surface area contributed by atoms with Gasteiger partial charge in [0.15, 0.2) is 0 Å². The molecule has 31 heavy (non-hydrogen) atoms. The Bertz CT molecular complexity index is 1050. The summed E-state index contributed by atoms with van der Waals surface area (Å²) < 4.78 is 4.91. The van der Waals surface area contributed by atoms with Crippen LogP contribution in [0.15, 0.2) is 52.7 Å². The van der Waals surface area contributed by atoms with Gasteiger partial charge in [-0.25, -0.2) is 4.98 Å². The largest absolute Gasteiger partial charge is 0.383 e. The third-order valence-electron chi connectivity index (χ3n) is 4.23. The minimum atomic E-state index is -0.291. The maximum Gasteiger partial charge on any atom is 0.255 e. The summed E-state index contributed by atoms with van der Waals surface area (Å²) in [5, 5.41) is 8.90. The smallest absolute Gasteiger partial charge is 0.255 e. The predicted octanol–water partition coefficient (Wildman–Crippen LogP) is 5.03. The van der Waals surface area contributed by atoms with Crippen LogP contribution in [0.3, 0.4) is 0 Å². The topological polar surface area (TPSA) is 80.3 Å². The molecule has 0 saturated heterocycles. The summed E-state index contributed by atoms with van der Waals surface area (Å²) in [4.78, 5) is 30.2. The van der Waals surface area contributed by atoms with Crippen molar-refractivity contribution in [3.8, 4) is 0 Å². The Hall–Kier alpha value is -2.39. The number of rotatable bonds is 9. The Morgan fingerprint density at radius 3 is 2.58 bits per heavy atom. The zero-order chi connectivity index (χ0) is 22.2. The van der Waals surface area contributed by atoms with Gasteiger partial charge in [0.2, 0.25) is 0 Å². The fraction of sp³-hybridized carbons (Fsp3) is 0.227. The lowest BCUT2D eigenvalue weighted by Gasteiger charge is -2.10. The maximum atomic E-state index is 12.5. The average molecular weight is 476 g/mol. The third kappa shape index (κ3) is 6.80. The van der Waals surface area contributed by atoms with Gasteiger partial charge in [0.25, 0.3) is 11.8 Å². The van der Waals surface area contributed by atoms with Gasteiger partial charge in [-0.2, -0.15) is 0 Å². The molecule has 9 heteroatoms. The fourth-order valence-electron chi connectivity index (χ4n) is 2.68. The number of amides is 2. The number of aromatic nitrogens is 1. The van der Waals surface area contributed by atoms with Crippen LogP contribution in [-0.4, -0.2) is 37.1 Å². The van der Waals surface area contributed by atoms with Crippen LogP contribution in [-0.2, 0) is 10.5 Å². The fourth-order valence-corrected chi connectivity index (χ4v) is 4.45. The summed E-state index contributed by atoms with van der Waals surface area (Å²) >= 11 is 9.54. The van der Waals surface area contributed by atoms with Crippen molar-refractivity contribution >= 4 is 52.2 Å². The second-order valence-corrected chi connectivity index (χ2v) is 9.09. The first-order chi connectivity index (χ1) is 15.0. The number of carbonyl (C=O) groups excluding carboxylic acids is 2. The summed E-state index contributed by atoms with van der Waals surface area (Å²) in [7, 11) is 1.56. The number of thioether (sulfide) groups is 1. The molecule has 0 unspecified atom stereocenters. The molecule has 0 fully saturated rings. The molecule has 0 aliphatic heterocycles. The second-order valence-electron chi connectivity index (χ2n) is 6.57. The van der Waals surface area contributed by atoms with Crippen molar-refractivity contribution in [3.05, 3.63) is 74.7 Å². The van der Waals surface area contributed by atoms with Gasteiger partial charge in [0, 0.05) is 40.9 Å². The quantitative estimate of drug-likeness (QED) is 0.335. The highest BCUT2D eigenvalue weighted by atomic mass is 35.5. The Morgan fingerprint density at radius 1 is 1.16 bits per heavy atom. The summed E-state index contributed by atoms with van der Waals surface area (Å²) in [5.41, 5.74) is 2.45. The molecule has 1 aromatic heterocycles. The SMILES string of the molecule is COCCNC(=O)c1ccc(NC(=O)c2ccc(SCc3csc(C)n3)cc2)cc1Cl. The predicted molar refractivity (Wildman–Crippen MR) is 126 cm³/mol. The van der Waals surface area contributed by atoms with E-state index in [2.05, 4.69) is 21.0 Å². The molecule has 0 saturated carbocycles. The Balaban J connectivity index is 1.56. The normalized spacial score (nSPS) is 10.7. The summed E-state index contributed by atoms with van der Waals surface area (Å²) in [6.45, 7) is 2.80. The molecule has 2 N–H and O–H groups in total. The number of ether oxygens (including phenoxy) is 1. The van der Waals surface area contributed by atoms with Crippen molar-refractivity contribution in [2.24, 2.45) is 0 Å². The van der Waals surface area contributed by atoms with Crippen molar-refractivity contribution in [3.63, 3.8) is 0 Å². The van der Waals surface area contributed by atoms with E-state index >= 15 is 0 Å². The molecule has 162 valence electrons. The molecule has 3 aromatic rings. The van der Waals surface area contributed by atoms with E-state index in [9.17, 15) is 9.59 Å². The third-order valence-corrected chi connectivity index (χ3v) is 6.41. The molecule has 1 heterocycles. The molecule has 2 aromatic carbocycles. The minimum Gasteiger partial charge on any atom is -0.383 e. The van der Waals surface area contributed by atoms with Crippen LogP contribution in [0.4, 0.5) is 5.69 Å². The van der Waals surface area contributed by atoms with Gasteiger partial charge in [0.1, 0.15) is 0 Å². The Labute approximate surface area is 194 Å². The number of aryl methyl sites for hydroxylation is 1. The van der Waals surface area contributed by atoms with Crippen LogP contribution in [0.2, 0.25) is 5.02 Å². The number of hydrogen-bond donors (Lipinski definition) is 2. The minimum absolute atomic E-state index is 0.250. The molecule has 6 nitrogen and oxygen atoms in total. The van der Waals surface area contributed by atoms with Gasteiger partial charge in [-0.05, 0) is 49.4 Å². The van der Waals surface area contributed by atoms with Gasteiger partial charge in [0.05, 0.1) is 27.9 Å². The zero-order valence-electron chi connectivity index (χ0n) is 17.1. The molecular weight excluding hydrogens is 454 g/mol. The monoisotopic (exact) mass is 475 g/mol. The number of nitrogens with zero attached hydrogens (tertiary/aromatic N) is 1. The van der Waals surface area contributed by atoms with Gasteiger partial charge in [-0.3, -0.25) is 9.59 Å². The number of hydrogen-bond acceptors (Lipinski definition) is 6. The van der Waals surface area contributed by atoms with Crippen molar-refractivity contribution in [1.82, 2.24) is 10.3 Å². The van der Waals surface area contributed by atoms with Crippen molar-refractivity contribution in [1.29, 1.82) is 0 Å². The van der Waals surface area contributed by atoms with Crippen molar-refractivity contribution in [2.75, 3.05) is 25.6 Å². The maximum absolute atomic E-state index is 12.5. The van der Waals surface area contributed by atoms with Crippen LogP contribution in [0, 0.1) is 6.92 Å². The molecular formula is C22H22ClN3O3S2. The number of thiazole rings is 1. The highest BCUT2D eigenvalue weighted by Gasteiger charge is 2.12. The lowest BCUT2D eigenvalue weighted by molar-refractivity contribution is 0.0936. The highest BCUT2D eigenvalue weighted by molar-refractivity contribution is 7.98. The molecule has 0 aliphatic carbocycles. The molecule has 0 bridgehead atoms. The molecule has 0 aliphatic rings. The molecule has 0 spiro atoms. The van der Waals surface area contributed by atoms with E-state index in [0.717, 1.165) is 21.3 Å². The van der Waals surface area contributed by atoms with Gasteiger partial charge in [-0.15, -0.1) is 23.1 Å². The second kappa shape index (κ2) is 11.3. The van der Waals surface area contributed by atoms with Crippen LogP contribution in [0.25, 0.3) is 0 Å². The highest BCUT2D eigenvalue weighted by Crippen LogP contribution is 2.25. The number of benzene rings is 2. The first-order valence-electron chi connectivity index (χ1n) is 9.48. The first kappa shape index (κ1) is 23.3. The summed E-state index contributed by atoms with van der Waals surface area (Å²) in [6, 6.07) is 12.2. The van der Waals surface area contributed by atoms with E-state index < -0.39 is 0 Å².